The maximum absolute atomic E-state index is 10.7. The van der Waals surface area contributed by atoms with Crippen LogP contribution in [-0.2, 0) is 0 Å². The van der Waals surface area contributed by atoms with Gasteiger partial charge >= 0.3 is 0 Å². The molecule has 5 nitrogen and oxygen atoms in total. The Labute approximate surface area is 287 Å². The lowest BCUT2D eigenvalue weighted by Crippen LogP contribution is -2.00. The Hall–Kier alpha value is -7.39. The molecule has 0 unspecified atom stereocenters. The fraction of sp³-hybridized carbons (Fsp3) is 0. The van der Waals surface area contributed by atoms with Crippen LogP contribution in [0.2, 0.25) is 0 Å². The van der Waals surface area contributed by atoms with E-state index in [1.807, 2.05) is 103 Å². The first-order valence-corrected chi connectivity index (χ1v) is 16.3. The summed E-state index contributed by atoms with van der Waals surface area (Å²) < 4.78 is 4.42. The van der Waals surface area contributed by atoms with Gasteiger partial charge < -0.3 is 9.13 Å². The predicted octanol–water partition coefficient (Wildman–Crippen LogP) is 10.8. The van der Waals surface area contributed by atoms with Crippen LogP contribution in [0.1, 0.15) is 16.7 Å². The molecule has 2 aromatic heterocycles. The van der Waals surface area contributed by atoms with Crippen molar-refractivity contribution in [2.45, 2.75) is 0 Å². The highest BCUT2D eigenvalue weighted by Crippen LogP contribution is 2.42. The van der Waals surface area contributed by atoms with Gasteiger partial charge in [-0.05, 0) is 66.2 Å². The lowest BCUT2D eigenvalue weighted by Gasteiger charge is -2.19. The summed E-state index contributed by atoms with van der Waals surface area (Å²) in [5.74, 6) is 0. The van der Waals surface area contributed by atoms with E-state index in [0.29, 0.717) is 27.8 Å². The van der Waals surface area contributed by atoms with Crippen molar-refractivity contribution >= 4 is 43.6 Å². The molecule has 50 heavy (non-hydrogen) atoms. The van der Waals surface area contributed by atoms with Gasteiger partial charge in [0.25, 0.3) is 0 Å². The zero-order valence-corrected chi connectivity index (χ0v) is 26.7. The highest BCUT2D eigenvalue weighted by molar-refractivity contribution is 6.11. The first-order chi connectivity index (χ1) is 24.7. The molecular weight excluding hydrogens is 611 g/mol. The van der Waals surface area contributed by atoms with Gasteiger partial charge in [-0.1, -0.05) is 91.0 Å². The molecule has 9 aromatic rings. The smallest absolute Gasteiger partial charge is 0.0998 e. The van der Waals surface area contributed by atoms with Crippen molar-refractivity contribution in [3.63, 3.8) is 0 Å². The molecule has 0 aliphatic rings. The Morgan fingerprint density at radius 1 is 0.380 bits per heavy atom. The predicted molar refractivity (Wildman–Crippen MR) is 200 cm³/mol. The van der Waals surface area contributed by atoms with E-state index < -0.39 is 0 Å². The van der Waals surface area contributed by atoms with E-state index in [2.05, 4.69) is 75.9 Å². The number of nitrogens with zero attached hydrogens (tertiary/aromatic N) is 5. The van der Waals surface area contributed by atoms with Crippen LogP contribution in [0.25, 0.3) is 77.2 Å². The van der Waals surface area contributed by atoms with Crippen molar-refractivity contribution in [3.8, 4) is 51.8 Å². The molecule has 0 saturated heterocycles. The number of para-hydroxylation sites is 4. The summed E-state index contributed by atoms with van der Waals surface area (Å²) in [5.41, 5.74) is 10.6. The molecular formula is C45H25N5. The van der Waals surface area contributed by atoms with Crippen molar-refractivity contribution in [2.24, 2.45) is 0 Å². The molecule has 0 amide bonds. The zero-order chi connectivity index (χ0) is 33.8. The topological polar surface area (TPSA) is 81.2 Å². The molecule has 7 aromatic carbocycles. The molecule has 9 rings (SSSR count). The van der Waals surface area contributed by atoms with Crippen LogP contribution in [0.15, 0.2) is 152 Å². The van der Waals surface area contributed by atoms with Crippen LogP contribution in [0.3, 0.4) is 0 Å². The lowest BCUT2D eigenvalue weighted by atomic mass is 9.88. The summed E-state index contributed by atoms with van der Waals surface area (Å²) in [7, 11) is 0. The molecule has 0 fully saturated rings. The van der Waals surface area contributed by atoms with E-state index in [1.54, 1.807) is 0 Å². The SMILES string of the molecule is N#Cc1ccc2c(c1)c1ccccc1n2-c1ccccc1-c1cccc(C#N)c1-c1ccc(-n2c3ccccc3c3ccccc32)cc1C#N. The van der Waals surface area contributed by atoms with Crippen molar-refractivity contribution < 1.29 is 0 Å². The summed E-state index contributed by atoms with van der Waals surface area (Å²) in [6.45, 7) is 0. The number of aromatic nitrogens is 2. The number of fused-ring (bicyclic) bond motifs is 6. The summed E-state index contributed by atoms with van der Waals surface area (Å²) in [6, 6.07) is 57.6. The van der Waals surface area contributed by atoms with Gasteiger partial charge in [0, 0.05) is 43.9 Å². The third-order valence-corrected chi connectivity index (χ3v) is 9.65. The van der Waals surface area contributed by atoms with Crippen LogP contribution in [-0.4, -0.2) is 9.13 Å². The van der Waals surface area contributed by atoms with Gasteiger partial charge in [-0.15, -0.1) is 0 Å². The second-order valence-corrected chi connectivity index (χ2v) is 12.3. The minimum atomic E-state index is 0.478. The molecule has 0 N–H and O–H groups in total. The van der Waals surface area contributed by atoms with E-state index in [1.165, 1.54) is 0 Å². The van der Waals surface area contributed by atoms with Crippen molar-refractivity contribution in [2.75, 3.05) is 0 Å². The van der Waals surface area contributed by atoms with E-state index >= 15 is 0 Å². The fourth-order valence-electron chi connectivity index (χ4n) is 7.54. The second-order valence-electron chi connectivity index (χ2n) is 12.3. The lowest BCUT2D eigenvalue weighted by molar-refractivity contribution is 1.18. The number of rotatable bonds is 4. The Kier molecular flexibility index (Phi) is 6.56. The Balaban J connectivity index is 1.29. The van der Waals surface area contributed by atoms with Gasteiger partial charge in [0.15, 0.2) is 0 Å². The maximum Gasteiger partial charge on any atom is 0.0998 e. The molecule has 230 valence electrons. The monoisotopic (exact) mass is 635 g/mol. The summed E-state index contributed by atoms with van der Waals surface area (Å²) in [6.07, 6.45) is 0. The van der Waals surface area contributed by atoms with E-state index in [-0.39, 0.29) is 0 Å². The van der Waals surface area contributed by atoms with Gasteiger partial charge in [0.1, 0.15) is 0 Å². The van der Waals surface area contributed by atoms with Gasteiger partial charge in [-0.2, -0.15) is 15.8 Å². The third kappa shape index (κ3) is 4.24. The summed E-state index contributed by atoms with van der Waals surface area (Å²) >= 11 is 0. The molecule has 0 aliphatic heterocycles. The number of hydrogen-bond donors (Lipinski definition) is 0. The summed E-state index contributed by atoms with van der Waals surface area (Å²) in [4.78, 5) is 0. The van der Waals surface area contributed by atoms with Gasteiger partial charge in [-0.3, -0.25) is 0 Å². The van der Waals surface area contributed by atoms with Gasteiger partial charge in [-0.25, -0.2) is 0 Å². The highest BCUT2D eigenvalue weighted by atomic mass is 15.0. The average molecular weight is 636 g/mol. The van der Waals surface area contributed by atoms with Crippen LogP contribution >= 0.6 is 0 Å². The van der Waals surface area contributed by atoms with E-state index in [4.69, 9.17) is 0 Å². The molecule has 0 spiro atoms. The Morgan fingerprint density at radius 2 is 0.960 bits per heavy atom. The Bertz CT molecular complexity index is 2920. The number of benzene rings is 7. The van der Waals surface area contributed by atoms with Crippen LogP contribution < -0.4 is 0 Å². The minimum Gasteiger partial charge on any atom is -0.309 e. The van der Waals surface area contributed by atoms with Crippen molar-refractivity contribution in [1.82, 2.24) is 9.13 Å². The molecule has 0 atom stereocenters. The van der Waals surface area contributed by atoms with Crippen LogP contribution in [0.5, 0.6) is 0 Å². The maximum atomic E-state index is 10.7. The summed E-state index contributed by atoms with van der Waals surface area (Å²) in [5, 5.41) is 35.2. The molecule has 0 saturated carbocycles. The third-order valence-electron chi connectivity index (χ3n) is 9.65. The number of nitriles is 3. The first kappa shape index (κ1) is 28.8. The van der Waals surface area contributed by atoms with Gasteiger partial charge in [0.05, 0.1) is 62.7 Å². The minimum absolute atomic E-state index is 0.478. The first-order valence-electron chi connectivity index (χ1n) is 16.3. The standard InChI is InChI=1S/C45H25N5/c46-26-29-20-23-44-39(24-29)37-14-4-8-19-43(37)50(44)42-18-7-3-13-36(42)38-15-9-10-30(27-47)45(38)33-22-21-32(25-31(33)28-48)49-40-16-5-1-11-34(40)35-12-2-6-17-41(35)49/h1-25H. The van der Waals surface area contributed by atoms with Gasteiger partial charge in [0.2, 0.25) is 0 Å². The molecule has 0 aliphatic carbocycles. The highest BCUT2D eigenvalue weighted by Gasteiger charge is 2.22. The molecule has 0 bridgehead atoms. The largest absolute Gasteiger partial charge is 0.309 e. The molecule has 0 radical (unpaired) electrons. The Morgan fingerprint density at radius 3 is 1.64 bits per heavy atom. The van der Waals surface area contributed by atoms with E-state index in [9.17, 15) is 15.8 Å². The van der Waals surface area contributed by atoms with Crippen molar-refractivity contribution in [1.29, 1.82) is 15.8 Å². The molecule has 2 heterocycles. The molecule has 5 heteroatoms. The van der Waals surface area contributed by atoms with Crippen molar-refractivity contribution in [3.05, 3.63) is 168 Å². The fourth-order valence-corrected chi connectivity index (χ4v) is 7.54. The normalized spacial score (nSPS) is 11.1. The van der Waals surface area contributed by atoms with E-state index in [0.717, 1.165) is 66.1 Å². The zero-order valence-electron chi connectivity index (χ0n) is 26.7. The number of hydrogen-bond acceptors (Lipinski definition) is 3. The van der Waals surface area contributed by atoms with Crippen LogP contribution in [0, 0.1) is 34.0 Å². The van der Waals surface area contributed by atoms with Crippen LogP contribution in [0.4, 0.5) is 0 Å². The quantitative estimate of drug-likeness (QED) is 0.193. The average Bonchev–Trinajstić information content (AvgIpc) is 3.70. The second kappa shape index (κ2) is 11.4.